The number of carbonyl (C=O) groups excluding carboxylic acids is 2. The fourth-order valence-corrected chi connectivity index (χ4v) is 3.25. The van der Waals surface area contributed by atoms with E-state index < -0.39 is 5.91 Å². The highest BCUT2D eigenvalue weighted by Gasteiger charge is 2.31. The van der Waals surface area contributed by atoms with Gasteiger partial charge in [0.25, 0.3) is 0 Å². The highest BCUT2D eigenvalue weighted by Crippen LogP contribution is 2.33. The lowest BCUT2D eigenvalue weighted by Gasteiger charge is -2.37. The number of nitrogens with zero attached hydrogens (tertiary/aromatic N) is 2. The van der Waals surface area contributed by atoms with Crippen LogP contribution in [-0.4, -0.2) is 27.8 Å². The van der Waals surface area contributed by atoms with Crippen LogP contribution in [0.1, 0.15) is 30.1 Å². The number of hydrogen-bond acceptors (Lipinski definition) is 2. The van der Waals surface area contributed by atoms with E-state index in [1.165, 1.54) is 0 Å². The minimum atomic E-state index is -0.460. The van der Waals surface area contributed by atoms with E-state index in [4.69, 9.17) is 17.3 Å². The largest absolute Gasteiger partial charge is 0.370 e. The molecule has 2 amide bonds. The van der Waals surface area contributed by atoms with Crippen LogP contribution in [0.15, 0.2) is 42.6 Å². The first-order chi connectivity index (χ1) is 11.1. The van der Waals surface area contributed by atoms with E-state index in [0.29, 0.717) is 11.6 Å². The molecule has 1 aliphatic heterocycles. The van der Waals surface area contributed by atoms with E-state index in [0.717, 1.165) is 17.8 Å². The first-order valence-electron chi connectivity index (χ1n) is 7.54. The van der Waals surface area contributed by atoms with Gasteiger partial charge in [-0.2, -0.15) is 0 Å². The summed E-state index contributed by atoms with van der Waals surface area (Å²) >= 11 is 6.12. The van der Waals surface area contributed by atoms with Crippen LogP contribution in [0, 0.1) is 0 Å². The highest BCUT2D eigenvalue weighted by molar-refractivity contribution is 6.30. The number of rotatable bonds is 4. The van der Waals surface area contributed by atoms with Gasteiger partial charge in [-0.3, -0.25) is 9.59 Å². The van der Waals surface area contributed by atoms with E-state index in [1.807, 2.05) is 47.5 Å². The fourth-order valence-electron chi connectivity index (χ4n) is 3.05. The van der Waals surface area contributed by atoms with E-state index in [2.05, 4.69) is 4.57 Å². The molecule has 23 heavy (non-hydrogen) atoms. The summed E-state index contributed by atoms with van der Waals surface area (Å²) in [4.78, 5) is 25.4. The van der Waals surface area contributed by atoms with Crippen LogP contribution in [0.25, 0.3) is 0 Å². The molecule has 6 heteroatoms. The maximum atomic E-state index is 12.6. The van der Waals surface area contributed by atoms with Gasteiger partial charge in [0.05, 0.1) is 6.04 Å². The van der Waals surface area contributed by atoms with Gasteiger partial charge in [-0.1, -0.05) is 23.7 Å². The smallest absolute Gasteiger partial charge is 0.223 e. The predicted octanol–water partition coefficient (Wildman–Crippen LogP) is 2.34. The second-order valence-corrected chi connectivity index (χ2v) is 6.07. The third-order valence-corrected chi connectivity index (χ3v) is 4.34. The number of benzene rings is 1. The summed E-state index contributed by atoms with van der Waals surface area (Å²) < 4.78 is 2.14. The number of carbonyl (C=O) groups is 2. The molecule has 0 saturated heterocycles. The molecule has 1 aromatic heterocycles. The summed E-state index contributed by atoms with van der Waals surface area (Å²) in [5.74, 6) is -0.528. The quantitative estimate of drug-likeness (QED) is 0.934. The van der Waals surface area contributed by atoms with Crippen LogP contribution in [0.3, 0.4) is 0 Å². The van der Waals surface area contributed by atoms with Crippen molar-refractivity contribution in [2.75, 3.05) is 6.54 Å². The second-order valence-electron chi connectivity index (χ2n) is 5.64. The first kappa shape index (κ1) is 15.6. The monoisotopic (exact) mass is 331 g/mol. The number of primary amides is 1. The molecule has 2 aromatic rings. The van der Waals surface area contributed by atoms with Gasteiger partial charge in [-0.05, 0) is 29.8 Å². The van der Waals surface area contributed by atoms with Crippen LogP contribution in [0.2, 0.25) is 5.02 Å². The molecule has 5 nitrogen and oxygen atoms in total. The minimum absolute atomic E-state index is 0.0681. The third kappa shape index (κ3) is 3.24. The lowest BCUT2D eigenvalue weighted by atomic mass is 9.99. The number of halogens is 1. The first-order valence-corrected chi connectivity index (χ1v) is 7.92. The van der Waals surface area contributed by atoms with Crippen molar-refractivity contribution in [3.05, 3.63) is 58.9 Å². The van der Waals surface area contributed by atoms with Crippen molar-refractivity contribution in [1.29, 1.82) is 0 Å². The highest BCUT2D eigenvalue weighted by atomic mass is 35.5. The topological polar surface area (TPSA) is 68.3 Å². The van der Waals surface area contributed by atoms with Crippen molar-refractivity contribution < 1.29 is 9.59 Å². The number of fused-ring (bicyclic) bond motifs is 1. The Morgan fingerprint density at radius 3 is 2.74 bits per heavy atom. The lowest BCUT2D eigenvalue weighted by Crippen LogP contribution is -2.42. The molecule has 1 unspecified atom stereocenters. The molecular formula is C17H18ClN3O2. The van der Waals surface area contributed by atoms with Gasteiger partial charge in [-0.25, -0.2) is 0 Å². The number of hydrogen-bond donors (Lipinski definition) is 1. The van der Waals surface area contributed by atoms with Crippen LogP contribution < -0.4 is 5.73 Å². The molecule has 3 rings (SSSR count). The molecule has 0 radical (unpaired) electrons. The summed E-state index contributed by atoms with van der Waals surface area (Å²) in [6, 6.07) is 11.3. The minimum Gasteiger partial charge on any atom is -0.370 e. The Labute approximate surface area is 139 Å². The molecule has 2 N–H and O–H groups in total. The van der Waals surface area contributed by atoms with E-state index in [9.17, 15) is 9.59 Å². The number of amides is 2. The molecular weight excluding hydrogens is 314 g/mol. The van der Waals surface area contributed by atoms with Gasteiger partial charge in [0.2, 0.25) is 11.8 Å². The summed E-state index contributed by atoms with van der Waals surface area (Å²) in [5.41, 5.74) is 7.17. The molecule has 0 aliphatic carbocycles. The molecule has 0 spiro atoms. The average molecular weight is 332 g/mol. The Morgan fingerprint density at radius 2 is 2.00 bits per heavy atom. The van der Waals surface area contributed by atoms with Crippen molar-refractivity contribution in [1.82, 2.24) is 9.47 Å². The molecule has 1 aromatic carbocycles. The maximum Gasteiger partial charge on any atom is 0.223 e. The van der Waals surface area contributed by atoms with Gasteiger partial charge in [-0.15, -0.1) is 0 Å². The van der Waals surface area contributed by atoms with Crippen LogP contribution in [-0.2, 0) is 16.1 Å². The Bertz CT molecular complexity index is 741. The Balaban J connectivity index is 1.95. The Hall–Kier alpha value is -2.27. The molecule has 0 fully saturated rings. The van der Waals surface area contributed by atoms with Crippen molar-refractivity contribution in [3.63, 3.8) is 0 Å². The number of aromatic nitrogens is 1. The SMILES string of the molecule is NC(=O)CCC(=O)N1CCn2cccc2C1c1cccc(Cl)c1. The second kappa shape index (κ2) is 6.46. The van der Waals surface area contributed by atoms with E-state index in [-0.39, 0.29) is 24.8 Å². The zero-order valence-electron chi connectivity index (χ0n) is 12.6. The fraction of sp³-hybridized carbons (Fsp3) is 0.294. The van der Waals surface area contributed by atoms with Crippen LogP contribution >= 0.6 is 11.6 Å². The average Bonchev–Trinajstić information content (AvgIpc) is 3.00. The molecule has 0 bridgehead atoms. The Morgan fingerprint density at radius 1 is 1.17 bits per heavy atom. The van der Waals surface area contributed by atoms with Gasteiger partial charge in [0.1, 0.15) is 0 Å². The molecule has 1 aliphatic rings. The van der Waals surface area contributed by atoms with Gasteiger partial charge in [0, 0.05) is 42.8 Å². The van der Waals surface area contributed by atoms with E-state index in [1.54, 1.807) is 0 Å². The zero-order valence-corrected chi connectivity index (χ0v) is 13.4. The molecule has 2 heterocycles. The van der Waals surface area contributed by atoms with Crippen molar-refractivity contribution in [3.8, 4) is 0 Å². The predicted molar refractivity (Wildman–Crippen MR) is 87.9 cm³/mol. The summed E-state index contributed by atoms with van der Waals surface area (Å²) in [7, 11) is 0. The summed E-state index contributed by atoms with van der Waals surface area (Å²) in [5, 5.41) is 0.635. The van der Waals surface area contributed by atoms with Gasteiger partial charge < -0.3 is 15.2 Å². The summed E-state index contributed by atoms with van der Waals surface area (Å²) in [6.45, 7) is 1.33. The third-order valence-electron chi connectivity index (χ3n) is 4.11. The molecule has 1 atom stereocenters. The zero-order chi connectivity index (χ0) is 16.4. The van der Waals surface area contributed by atoms with Crippen molar-refractivity contribution >= 4 is 23.4 Å². The molecule has 120 valence electrons. The summed E-state index contributed by atoms with van der Waals surface area (Å²) in [6.07, 6.45) is 2.21. The van der Waals surface area contributed by atoms with Gasteiger partial charge >= 0.3 is 0 Å². The lowest BCUT2D eigenvalue weighted by molar-refractivity contribution is -0.135. The van der Waals surface area contributed by atoms with E-state index >= 15 is 0 Å². The van der Waals surface area contributed by atoms with Crippen LogP contribution in [0.5, 0.6) is 0 Å². The van der Waals surface area contributed by atoms with Crippen LogP contribution in [0.4, 0.5) is 0 Å². The molecule has 0 saturated carbocycles. The van der Waals surface area contributed by atoms with Crippen molar-refractivity contribution in [2.45, 2.75) is 25.4 Å². The normalized spacial score (nSPS) is 16.9. The maximum absolute atomic E-state index is 12.6. The number of nitrogens with two attached hydrogens (primary N) is 1. The van der Waals surface area contributed by atoms with Gasteiger partial charge in [0.15, 0.2) is 0 Å². The van der Waals surface area contributed by atoms with Crippen molar-refractivity contribution in [2.24, 2.45) is 5.73 Å². The standard InChI is InChI=1S/C17H18ClN3O2/c18-13-4-1-3-12(11-13)17-14-5-2-8-20(14)9-10-21(17)16(23)7-6-15(19)22/h1-5,8,11,17H,6-7,9-10H2,(H2,19,22). The Kier molecular flexibility index (Phi) is 4.39.